The van der Waals surface area contributed by atoms with Crippen molar-refractivity contribution in [3.63, 3.8) is 0 Å². The number of hydrogen-bond acceptors (Lipinski definition) is 2. The van der Waals surface area contributed by atoms with Gasteiger partial charge in [-0.05, 0) is 0 Å². The molecule has 0 radical (unpaired) electrons. The van der Waals surface area contributed by atoms with Crippen molar-refractivity contribution in [3.05, 3.63) is 0 Å². The van der Waals surface area contributed by atoms with Crippen LogP contribution in [0.4, 0.5) is 0 Å². The Morgan fingerprint density at radius 1 is 0.800 bits per heavy atom. The van der Waals surface area contributed by atoms with Gasteiger partial charge >= 0.3 is 18.9 Å². The van der Waals surface area contributed by atoms with Gasteiger partial charge in [0, 0.05) is 17.1 Å². The third-order valence-corrected chi connectivity index (χ3v) is 0. The Morgan fingerprint density at radius 2 is 0.800 bits per heavy atom. The molecule has 0 fully saturated rings. The first-order valence-corrected chi connectivity index (χ1v) is 3.19. The Kier molecular flexibility index (Phi) is 37.5. The van der Waals surface area contributed by atoms with Crippen LogP contribution in [-0.4, -0.2) is 45.5 Å². The van der Waals surface area contributed by atoms with Gasteiger partial charge in [0.15, 0.2) is 0 Å². The van der Waals surface area contributed by atoms with Crippen molar-refractivity contribution in [2.75, 3.05) is 0 Å². The van der Waals surface area contributed by atoms with Gasteiger partial charge in [0.2, 0.25) is 0 Å². The quantitative estimate of drug-likeness (QED) is 0.303. The fourth-order valence-corrected chi connectivity index (χ4v) is 0. The van der Waals surface area contributed by atoms with Gasteiger partial charge in [-0.1, -0.05) is 0 Å². The zero-order valence-corrected chi connectivity index (χ0v) is 6.51. The van der Waals surface area contributed by atoms with Crippen molar-refractivity contribution in [1.82, 2.24) is 0 Å². The van der Waals surface area contributed by atoms with Gasteiger partial charge < -0.3 is 0 Å². The van der Waals surface area contributed by atoms with E-state index in [0.717, 1.165) is 0 Å². The predicted molar refractivity (Wildman–Crippen MR) is 33.9 cm³/mol. The zero-order chi connectivity index (χ0) is 7.15. The Morgan fingerprint density at radius 3 is 0.800 bits per heavy atom. The van der Waals surface area contributed by atoms with E-state index >= 15 is 0 Å². The summed E-state index contributed by atoms with van der Waals surface area (Å²) < 4.78 is 45.7. The molecule has 0 saturated carbocycles. The molecular weight excluding hydrogens is 223 g/mol. The average Bonchev–Trinajstić information content (AvgIpc) is 1.25. The van der Waals surface area contributed by atoms with E-state index < -0.39 is 22.7 Å². The second-order valence-electron chi connectivity index (χ2n) is 0.461. The second-order valence-corrected chi connectivity index (χ2v) is 1.38. The summed E-state index contributed by atoms with van der Waals surface area (Å²) in [6, 6.07) is 0. The predicted octanol–water partition coefficient (Wildman–Crippen LogP) is -1.29. The van der Waals surface area contributed by atoms with E-state index in [4.69, 9.17) is 26.6 Å². The fraction of sp³-hybridized carbons (Fsp3) is 0. The van der Waals surface area contributed by atoms with E-state index in [9.17, 15) is 0 Å². The van der Waals surface area contributed by atoms with Crippen molar-refractivity contribution >= 4 is 41.6 Å². The summed E-state index contributed by atoms with van der Waals surface area (Å²) in [4.78, 5) is 0. The molecule has 62 valence electrons. The third kappa shape index (κ3) is 399. The third-order valence-electron chi connectivity index (χ3n) is 0. The molecule has 0 saturated heterocycles. The molecule has 0 unspecified atom stereocenters. The molecule has 0 rings (SSSR count). The van der Waals surface area contributed by atoms with E-state index in [1.54, 1.807) is 0 Å². The van der Waals surface area contributed by atoms with Crippen LogP contribution in [0.3, 0.4) is 0 Å². The first-order valence-electron chi connectivity index (χ1n) is 1.06. The van der Waals surface area contributed by atoms with Gasteiger partial charge in [0.25, 0.3) is 22.7 Å². The van der Waals surface area contributed by atoms with Crippen LogP contribution in [0, 0.1) is 0 Å². The fourth-order valence-electron chi connectivity index (χ4n) is 0. The van der Waals surface area contributed by atoms with E-state index in [-0.39, 0.29) is 35.9 Å². The average molecular weight is 228 g/mol. The molecule has 10 heteroatoms. The van der Waals surface area contributed by atoms with Crippen LogP contribution >= 0.6 is 0 Å². The maximum atomic E-state index is 8.67. The molecule has 0 aliphatic carbocycles. The monoisotopic (exact) mass is 228 g/mol. The molecule has 0 bridgehead atoms. The van der Waals surface area contributed by atoms with Crippen molar-refractivity contribution in [1.29, 1.82) is 0 Å². The molecule has 0 aliphatic heterocycles. The van der Waals surface area contributed by atoms with Crippen LogP contribution in [0.25, 0.3) is 0 Å². The Balaban J connectivity index is -0.0000000300. The summed E-state index contributed by atoms with van der Waals surface area (Å²) in [7, 11) is 0. The number of rotatable bonds is 0. The van der Waals surface area contributed by atoms with Gasteiger partial charge in [-0.2, -0.15) is 8.42 Å². The Labute approximate surface area is 85.0 Å². The summed E-state index contributed by atoms with van der Waals surface area (Å²) in [6.07, 6.45) is 0. The van der Waals surface area contributed by atoms with Gasteiger partial charge in [-0.3, -0.25) is 18.2 Å². The SMILES string of the molecule is O=S(O)O.O=S(O)O.[Fe].[LiH]. The Bertz CT molecular complexity index is 73.7. The van der Waals surface area contributed by atoms with Crippen molar-refractivity contribution in [3.8, 4) is 0 Å². The minimum atomic E-state index is -2.61. The van der Waals surface area contributed by atoms with Gasteiger partial charge in [0.1, 0.15) is 0 Å². The van der Waals surface area contributed by atoms with Crippen LogP contribution in [-0.2, 0) is 39.8 Å². The standard InChI is InChI=1S/Fe.Li.2H2O3S.H/c;;2*1-4(2)3;/h;;2*(H2,1,2,3);. The van der Waals surface area contributed by atoms with E-state index in [2.05, 4.69) is 0 Å². The van der Waals surface area contributed by atoms with Crippen molar-refractivity contribution in [2.45, 2.75) is 0 Å². The van der Waals surface area contributed by atoms with Crippen LogP contribution in [0.1, 0.15) is 0 Å². The van der Waals surface area contributed by atoms with E-state index in [0.29, 0.717) is 0 Å². The molecule has 0 atom stereocenters. The normalized spacial score (nSPS) is 7.00. The molecule has 0 heterocycles. The molecule has 0 spiro atoms. The second kappa shape index (κ2) is 16.7. The van der Waals surface area contributed by atoms with Crippen molar-refractivity contribution < 1.29 is 43.7 Å². The van der Waals surface area contributed by atoms with Crippen LogP contribution in [0.5, 0.6) is 0 Å². The van der Waals surface area contributed by atoms with Crippen LogP contribution in [0.15, 0.2) is 0 Å². The molecule has 0 aromatic carbocycles. The van der Waals surface area contributed by atoms with E-state index in [1.165, 1.54) is 0 Å². The summed E-state index contributed by atoms with van der Waals surface area (Å²) >= 11 is -5.22. The molecule has 0 amide bonds. The summed E-state index contributed by atoms with van der Waals surface area (Å²) in [5.74, 6) is 0. The first-order chi connectivity index (χ1) is 3.46. The van der Waals surface area contributed by atoms with Gasteiger partial charge in [0.05, 0.1) is 0 Å². The zero-order valence-electron chi connectivity index (χ0n) is 3.78. The molecule has 10 heavy (non-hydrogen) atoms. The topological polar surface area (TPSA) is 115 Å². The Hall–Kier alpha value is 1.26. The maximum absolute atomic E-state index is 8.67. The molecule has 4 N–H and O–H groups in total. The van der Waals surface area contributed by atoms with Gasteiger partial charge in [-0.15, -0.1) is 0 Å². The molecular formula is H5FeLiO6S2. The van der Waals surface area contributed by atoms with E-state index in [1.807, 2.05) is 0 Å². The van der Waals surface area contributed by atoms with Gasteiger partial charge in [-0.25, -0.2) is 0 Å². The van der Waals surface area contributed by atoms with Crippen molar-refractivity contribution in [2.24, 2.45) is 0 Å². The van der Waals surface area contributed by atoms with Crippen LogP contribution < -0.4 is 0 Å². The first kappa shape index (κ1) is 22.5. The summed E-state index contributed by atoms with van der Waals surface area (Å²) in [6.45, 7) is 0. The molecule has 0 aromatic rings. The molecule has 0 aromatic heterocycles. The summed E-state index contributed by atoms with van der Waals surface area (Å²) in [5, 5.41) is 0. The molecule has 0 aliphatic rings. The summed E-state index contributed by atoms with van der Waals surface area (Å²) in [5.41, 5.74) is 0. The minimum absolute atomic E-state index is 0. The number of hydrogen-bond donors (Lipinski definition) is 4. The van der Waals surface area contributed by atoms with Crippen LogP contribution in [0.2, 0.25) is 0 Å². The molecule has 6 nitrogen and oxygen atoms in total.